The standard InChI is InChI=1S/C21H29I3N2O10/c22-8-4-9(15(24)10(23)5-8)20(34)25-2-1-3-26-21(35)36-14-7-12(28)11(27)6-13(29)16(30)18(32)19(33)17(14)31/h4-5,11-14,16-19,27-33H,1-3,6-7H2,(H,25,34)(H,26,35). The number of benzene rings is 1. The minimum atomic E-state index is -2.02. The van der Waals surface area contributed by atoms with Gasteiger partial charge in [-0.1, -0.05) is 0 Å². The molecule has 1 aromatic carbocycles. The number of nitrogens with one attached hydrogen (secondary N) is 2. The van der Waals surface area contributed by atoms with Crippen LogP contribution in [0.2, 0.25) is 0 Å². The number of aliphatic hydroxyl groups excluding tert-OH is 7. The van der Waals surface area contributed by atoms with Crippen molar-refractivity contribution in [2.45, 2.75) is 68.1 Å². The normalized spacial score (nSPS) is 31.4. The van der Waals surface area contributed by atoms with Crippen molar-refractivity contribution in [2.24, 2.45) is 0 Å². The van der Waals surface area contributed by atoms with Crippen molar-refractivity contribution in [1.29, 1.82) is 0 Å². The predicted molar refractivity (Wildman–Crippen MR) is 151 cm³/mol. The molecule has 2 rings (SSSR count). The SMILES string of the molecule is O=C(NCCCNC(=O)c1cc(I)cc(I)c1I)OC1CC(O)C(O)CC(O)C(O)C(O)C(O)C1O. The van der Waals surface area contributed by atoms with E-state index >= 15 is 0 Å². The van der Waals surface area contributed by atoms with Gasteiger partial charge in [-0.2, -0.15) is 0 Å². The van der Waals surface area contributed by atoms with Crippen LogP contribution in [0.4, 0.5) is 4.79 Å². The number of amides is 2. The van der Waals surface area contributed by atoms with Gasteiger partial charge in [0.05, 0.1) is 23.9 Å². The third kappa shape index (κ3) is 8.97. The highest BCUT2D eigenvalue weighted by atomic mass is 127. The van der Waals surface area contributed by atoms with Crippen molar-refractivity contribution >= 4 is 79.8 Å². The van der Waals surface area contributed by atoms with Gasteiger partial charge in [0.1, 0.15) is 30.5 Å². The van der Waals surface area contributed by atoms with Gasteiger partial charge in [0, 0.05) is 36.6 Å². The third-order valence-electron chi connectivity index (χ3n) is 5.63. The molecule has 8 unspecified atom stereocenters. The Kier molecular flexibility index (Phi) is 13.3. The number of halogens is 3. The number of alkyl carbamates (subject to hydrolysis) is 1. The van der Waals surface area contributed by atoms with Gasteiger partial charge in [0.15, 0.2) is 0 Å². The van der Waals surface area contributed by atoms with Gasteiger partial charge in [-0.15, -0.1) is 0 Å². The fourth-order valence-electron chi connectivity index (χ4n) is 3.52. The average molecular weight is 850 g/mol. The van der Waals surface area contributed by atoms with E-state index < -0.39 is 67.8 Å². The number of hydrogen-bond acceptors (Lipinski definition) is 10. The van der Waals surface area contributed by atoms with Gasteiger partial charge >= 0.3 is 6.09 Å². The molecule has 0 saturated heterocycles. The summed E-state index contributed by atoms with van der Waals surface area (Å²) in [6.07, 6.45) is -15.9. The second-order valence-corrected chi connectivity index (χ2v) is 11.9. The first-order chi connectivity index (χ1) is 16.8. The molecule has 0 bridgehead atoms. The second-order valence-electron chi connectivity index (χ2n) is 8.36. The van der Waals surface area contributed by atoms with E-state index in [9.17, 15) is 45.3 Å². The van der Waals surface area contributed by atoms with E-state index in [1.807, 2.05) is 6.07 Å². The predicted octanol–water partition coefficient (Wildman–Crippen LogP) is -0.965. The van der Waals surface area contributed by atoms with Crippen LogP contribution < -0.4 is 10.6 Å². The van der Waals surface area contributed by atoms with Gasteiger partial charge in [-0.25, -0.2) is 4.79 Å². The van der Waals surface area contributed by atoms with E-state index in [1.54, 1.807) is 6.07 Å². The van der Waals surface area contributed by atoms with E-state index in [-0.39, 0.29) is 19.0 Å². The number of hydrogen-bond donors (Lipinski definition) is 9. The topological polar surface area (TPSA) is 209 Å². The van der Waals surface area contributed by atoms with Gasteiger partial charge in [-0.3, -0.25) is 4.79 Å². The molecule has 1 saturated carbocycles. The third-order valence-corrected chi connectivity index (χ3v) is 9.30. The summed E-state index contributed by atoms with van der Waals surface area (Å²) >= 11 is 6.38. The van der Waals surface area contributed by atoms with Crippen molar-refractivity contribution in [2.75, 3.05) is 13.1 Å². The van der Waals surface area contributed by atoms with E-state index in [4.69, 9.17) is 4.74 Å². The van der Waals surface area contributed by atoms with E-state index in [0.29, 0.717) is 12.0 Å². The summed E-state index contributed by atoms with van der Waals surface area (Å²) in [5, 5.41) is 75.7. The van der Waals surface area contributed by atoms with Crippen molar-refractivity contribution in [3.63, 3.8) is 0 Å². The lowest BCUT2D eigenvalue weighted by molar-refractivity contribution is -0.172. The molecule has 0 radical (unpaired) electrons. The van der Waals surface area contributed by atoms with Gasteiger partial charge in [0.25, 0.3) is 5.91 Å². The van der Waals surface area contributed by atoms with E-state index in [2.05, 4.69) is 78.4 Å². The van der Waals surface area contributed by atoms with Crippen LogP contribution in [0.3, 0.4) is 0 Å². The van der Waals surface area contributed by atoms with Gasteiger partial charge < -0.3 is 51.1 Å². The molecule has 1 aromatic rings. The van der Waals surface area contributed by atoms with Crippen molar-refractivity contribution in [3.05, 3.63) is 28.4 Å². The molecule has 2 amide bonds. The maximum atomic E-state index is 12.5. The second kappa shape index (κ2) is 14.9. The molecule has 1 fully saturated rings. The first-order valence-corrected chi connectivity index (χ1v) is 14.2. The lowest BCUT2D eigenvalue weighted by Gasteiger charge is -2.36. The van der Waals surface area contributed by atoms with E-state index in [1.165, 1.54) is 0 Å². The Balaban J connectivity index is 1.88. The van der Waals surface area contributed by atoms with Crippen LogP contribution in [0.15, 0.2) is 12.1 Å². The lowest BCUT2D eigenvalue weighted by Crippen LogP contribution is -2.56. The molecule has 12 nitrogen and oxygen atoms in total. The smallest absolute Gasteiger partial charge is 0.407 e. The molecule has 8 atom stereocenters. The first kappa shape index (κ1) is 32.1. The Morgan fingerprint density at radius 1 is 0.806 bits per heavy atom. The van der Waals surface area contributed by atoms with Crippen LogP contribution >= 0.6 is 67.8 Å². The van der Waals surface area contributed by atoms with Gasteiger partial charge in [0.2, 0.25) is 0 Å². The Morgan fingerprint density at radius 3 is 2.06 bits per heavy atom. The van der Waals surface area contributed by atoms with Crippen LogP contribution in [0.1, 0.15) is 29.6 Å². The van der Waals surface area contributed by atoms with Crippen molar-refractivity contribution in [3.8, 4) is 0 Å². The average Bonchev–Trinajstić information content (AvgIpc) is 2.82. The fourth-order valence-corrected chi connectivity index (χ4v) is 5.93. The maximum absolute atomic E-state index is 12.5. The highest BCUT2D eigenvalue weighted by molar-refractivity contribution is 14.1. The molecule has 15 heteroatoms. The number of rotatable bonds is 6. The number of ether oxygens (including phenoxy) is 1. The highest BCUT2D eigenvalue weighted by Crippen LogP contribution is 2.24. The highest BCUT2D eigenvalue weighted by Gasteiger charge is 2.42. The van der Waals surface area contributed by atoms with Crippen LogP contribution in [0.25, 0.3) is 0 Å². The zero-order chi connectivity index (χ0) is 27.2. The minimum absolute atomic E-state index is 0.0874. The van der Waals surface area contributed by atoms with Gasteiger partial charge in [-0.05, 0) is 86.3 Å². The monoisotopic (exact) mass is 850 g/mol. The summed E-state index contributed by atoms with van der Waals surface area (Å²) in [5.41, 5.74) is 0.545. The van der Waals surface area contributed by atoms with E-state index in [0.717, 1.165) is 10.7 Å². The summed E-state index contributed by atoms with van der Waals surface area (Å²) in [4.78, 5) is 24.7. The molecule has 1 aliphatic rings. The summed E-state index contributed by atoms with van der Waals surface area (Å²) in [5.74, 6) is -0.254. The minimum Gasteiger partial charge on any atom is -0.443 e. The lowest BCUT2D eigenvalue weighted by atomic mass is 9.88. The maximum Gasteiger partial charge on any atom is 0.407 e. The summed E-state index contributed by atoms with van der Waals surface area (Å²) in [6.45, 7) is 0.337. The molecule has 0 spiro atoms. The Labute approximate surface area is 248 Å². The molecule has 0 aromatic heterocycles. The van der Waals surface area contributed by atoms with Crippen LogP contribution in [0, 0.1) is 10.7 Å². The first-order valence-electron chi connectivity index (χ1n) is 11.0. The largest absolute Gasteiger partial charge is 0.443 e. The molecular formula is C21H29I3N2O10. The molecule has 36 heavy (non-hydrogen) atoms. The van der Waals surface area contributed by atoms with Crippen LogP contribution in [-0.4, -0.2) is 110 Å². The van der Waals surface area contributed by atoms with Crippen LogP contribution in [0.5, 0.6) is 0 Å². The summed E-state index contributed by atoms with van der Waals surface area (Å²) in [7, 11) is 0. The number of aliphatic hydroxyl groups is 7. The Bertz CT molecular complexity index is 911. The number of carbonyl (C=O) groups is 2. The summed E-state index contributed by atoms with van der Waals surface area (Å²) < 4.78 is 7.81. The molecule has 9 N–H and O–H groups in total. The van der Waals surface area contributed by atoms with Crippen LogP contribution in [-0.2, 0) is 4.74 Å². The molecule has 0 heterocycles. The molecular weight excluding hydrogens is 821 g/mol. The molecule has 0 aliphatic heterocycles. The fraction of sp³-hybridized carbons (Fsp3) is 0.619. The number of carbonyl (C=O) groups excluding carboxylic acids is 2. The summed E-state index contributed by atoms with van der Waals surface area (Å²) in [6, 6.07) is 3.73. The molecule has 204 valence electrons. The Hall–Kier alpha value is -0.130. The zero-order valence-corrected chi connectivity index (χ0v) is 25.3. The Morgan fingerprint density at radius 2 is 1.39 bits per heavy atom. The van der Waals surface area contributed by atoms with Crippen molar-refractivity contribution < 1.29 is 50.1 Å². The quantitative estimate of drug-likeness (QED) is 0.0974. The van der Waals surface area contributed by atoms with Crippen molar-refractivity contribution in [1.82, 2.24) is 10.6 Å². The zero-order valence-electron chi connectivity index (χ0n) is 18.8. The molecule has 1 aliphatic carbocycles.